The summed E-state index contributed by atoms with van der Waals surface area (Å²) in [7, 11) is 5.49. The first-order valence-corrected chi connectivity index (χ1v) is 28.7. The van der Waals surface area contributed by atoms with Crippen LogP contribution in [0.3, 0.4) is 0 Å². The molecule has 0 spiro atoms. The van der Waals surface area contributed by atoms with Gasteiger partial charge in [-0.2, -0.15) is 0 Å². The maximum Gasteiger partial charge on any atom is 0.246 e. The van der Waals surface area contributed by atoms with E-state index in [1.807, 2.05) is 0 Å². The molecule has 2 aliphatic rings. The van der Waals surface area contributed by atoms with Gasteiger partial charge in [-0.15, -0.1) is 11.3 Å². The number of fused-ring (bicyclic) bond motifs is 1. The van der Waals surface area contributed by atoms with Crippen molar-refractivity contribution < 1.29 is 52.3 Å². The Hall–Kier alpha value is -7.79. The van der Waals surface area contributed by atoms with Gasteiger partial charge in [0.15, 0.2) is 0 Å². The topological polar surface area (TPSA) is 260 Å². The Morgan fingerprint density at radius 2 is 1.11 bits per heavy atom. The second kappa shape index (κ2) is 28.5. The summed E-state index contributed by atoms with van der Waals surface area (Å²) in [6.45, 7) is 8.91. The molecule has 9 atom stereocenters. The Morgan fingerprint density at radius 3 is 1.71 bits per heavy atom. The van der Waals surface area contributed by atoms with Crippen LogP contribution in [0.1, 0.15) is 76.8 Å². The molecule has 24 heteroatoms. The third kappa shape index (κ3) is 16.7. The number of carbonyl (C=O) groups is 10. The van der Waals surface area contributed by atoms with E-state index in [4.69, 9.17) is 11.6 Å². The molecule has 21 nitrogen and oxygen atoms in total. The van der Waals surface area contributed by atoms with Crippen LogP contribution in [0.15, 0.2) is 89.8 Å². The van der Waals surface area contributed by atoms with Gasteiger partial charge >= 0.3 is 0 Å². The number of thiazole rings is 1. The van der Waals surface area contributed by atoms with E-state index in [-0.39, 0.29) is 38.6 Å². The van der Waals surface area contributed by atoms with E-state index in [1.165, 1.54) is 94.4 Å². The van der Waals surface area contributed by atoms with Crippen LogP contribution >= 0.6 is 22.9 Å². The van der Waals surface area contributed by atoms with Crippen molar-refractivity contribution in [2.45, 2.75) is 134 Å². The van der Waals surface area contributed by atoms with Crippen molar-refractivity contribution in [2.75, 3.05) is 41.3 Å². The van der Waals surface area contributed by atoms with E-state index in [1.54, 1.807) is 86.3 Å². The summed E-state index contributed by atoms with van der Waals surface area (Å²) in [4.78, 5) is 155. The first-order valence-electron chi connectivity index (χ1n) is 27.4. The smallest absolute Gasteiger partial charge is 0.246 e. The Labute approximate surface area is 492 Å². The zero-order chi connectivity index (χ0) is 61.0. The summed E-state index contributed by atoms with van der Waals surface area (Å²) in [6.07, 6.45) is 0.217. The highest BCUT2D eigenvalue weighted by Crippen LogP contribution is 2.25. The summed E-state index contributed by atoms with van der Waals surface area (Å²) in [5.74, 6) is -7.73. The maximum atomic E-state index is 15.2. The molecule has 2 fully saturated rings. The van der Waals surface area contributed by atoms with E-state index in [9.17, 15) is 42.7 Å². The average Bonchev–Trinajstić information content (AvgIpc) is 4.40. The van der Waals surface area contributed by atoms with Crippen molar-refractivity contribution in [3.63, 3.8) is 0 Å². The van der Waals surface area contributed by atoms with Gasteiger partial charge < -0.3 is 51.1 Å². The van der Waals surface area contributed by atoms with Crippen LogP contribution in [0, 0.1) is 11.2 Å². The number of hydrogen-bond donors (Lipinski definition) is 5. The van der Waals surface area contributed by atoms with E-state index < -0.39 is 131 Å². The number of halogens is 2. The largest absolute Gasteiger partial charge is 0.345 e. The average molecular weight is 1180 g/mol. The molecule has 10 amide bonds. The van der Waals surface area contributed by atoms with Crippen LogP contribution in [-0.2, 0) is 73.6 Å². The number of rotatable bonds is 8. The van der Waals surface area contributed by atoms with Crippen LogP contribution in [0.25, 0.3) is 0 Å². The summed E-state index contributed by atoms with van der Waals surface area (Å²) in [5, 5.41) is 15.9. The van der Waals surface area contributed by atoms with Crippen molar-refractivity contribution in [3.05, 3.63) is 123 Å². The van der Waals surface area contributed by atoms with Gasteiger partial charge in [0.25, 0.3) is 0 Å². The molecular weight excluding hydrogens is 1110 g/mol. The molecule has 6 rings (SSSR count). The van der Waals surface area contributed by atoms with E-state index in [0.717, 1.165) is 14.7 Å². The van der Waals surface area contributed by atoms with E-state index in [2.05, 4.69) is 31.6 Å². The number of nitrogens with zero attached hydrogens (tertiary/aromatic N) is 6. The van der Waals surface area contributed by atoms with Crippen LogP contribution in [0.2, 0.25) is 5.02 Å². The minimum atomic E-state index is -1.44. The number of hydrogen-bond acceptors (Lipinski definition) is 12. The fourth-order valence-corrected chi connectivity index (χ4v) is 10.5. The summed E-state index contributed by atoms with van der Waals surface area (Å²) in [6, 6.07) is 9.22. The molecule has 5 N–H and O–H groups in total. The van der Waals surface area contributed by atoms with Gasteiger partial charge in [0.1, 0.15) is 60.2 Å². The van der Waals surface area contributed by atoms with Gasteiger partial charge in [-0.05, 0) is 80.0 Å². The lowest BCUT2D eigenvalue weighted by Crippen LogP contribution is -2.63. The predicted octanol–water partition coefficient (Wildman–Crippen LogP) is 2.68. The number of benzene rings is 3. The quantitative estimate of drug-likeness (QED) is 0.171. The number of carbonyl (C=O) groups excluding carboxylic acids is 10. The highest BCUT2D eigenvalue weighted by molar-refractivity contribution is 7.07. The van der Waals surface area contributed by atoms with Crippen molar-refractivity contribution in [1.82, 2.24) is 56.1 Å². The predicted molar refractivity (Wildman–Crippen MR) is 309 cm³/mol. The fourth-order valence-electron chi connectivity index (χ4n) is 9.81. The number of nitrogens with one attached hydrogen (secondary N) is 5. The molecule has 3 heterocycles. The molecule has 0 saturated carbocycles. The second-order valence-corrected chi connectivity index (χ2v) is 23.5. The summed E-state index contributed by atoms with van der Waals surface area (Å²) < 4.78 is 14.2. The highest BCUT2D eigenvalue weighted by Gasteiger charge is 2.43. The van der Waals surface area contributed by atoms with Gasteiger partial charge in [-0.25, -0.2) is 9.37 Å². The van der Waals surface area contributed by atoms with Crippen molar-refractivity contribution in [1.29, 1.82) is 0 Å². The number of likely N-dealkylation sites (N-methyl/N-ethyl adjacent to an activating group) is 4. The fraction of sp³-hybridized carbons (Fsp3) is 0.475. The normalized spacial score (nSPS) is 25.1. The van der Waals surface area contributed by atoms with Crippen molar-refractivity contribution in [3.8, 4) is 0 Å². The first-order chi connectivity index (χ1) is 39.2. The minimum absolute atomic E-state index is 0.00640. The zero-order valence-corrected chi connectivity index (χ0v) is 50.0. The molecule has 4 aromatic rings. The second-order valence-electron chi connectivity index (χ2n) is 22.3. The zero-order valence-electron chi connectivity index (χ0n) is 48.4. The van der Waals surface area contributed by atoms with Crippen LogP contribution < -0.4 is 26.6 Å². The summed E-state index contributed by atoms with van der Waals surface area (Å²) in [5.41, 5.74) is 2.62. The molecule has 3 aromatic carbocycles. The highest BCUT2D eigenvalue weighted by atomic mass is 35.5. The lowest BCUT2D eigenvalue weighted by molar-refractivity contribution is -0.149. The van der Waals surface area contributed by atoms with Gasteiger partial charge in [0.2, 0.25) is 59.1 Å². The number of aromatic nitrogens is 1. The lowest BCUT2D eigenvalue weighted by atomic mass is 9.85. The van der Waals surface area contributed by atoms with Crippen LogP contribution in [0.5, 0.6) is 0 Å². The molecule has 0 aliphatic carbocycles. The van der Waals surface area contributed by atoms with Crippen LogP contribution in [-0.4, -0.2) is 184 Å². The molecule has 0 bridgehead atoms. The molecule has 0 radical (unpaired) electrons. The minimum Gasteiger partial charge on any atom is -0.345 e. The van der Waals surface area contributed by atoms with Gasteiger partial charge in [-0.3, -0.25) is 47.9 Å². The summed E-state index contributed by atoms with van der Waals surface area (Å²) >= 11 is 7.52. The van der Waals surface area contributed by atoms with E-state index >= 15 is 9.59 Å². The monoisotopic (exact) mass is 1180 g/mol. The van der Waals surface area contributed by atoms with E-state index in [0.29, 0.717) is 33.8 Å². The SMILES string of the molecule is C[C@@H]1C(=O)N(C)[C@@H](C)C(=O)N[C@@H](Cc2ccc(F)cc2)C(=O)N[C@@H](C(C)(C)C)C(=O)N[C@@H](Cc2ccc(Cl)cc2)C(=O)N(C)[C@@H](Cc2ccccc2)C(=O)N2CCC[C@@H]2C(=O)NCC(=O)N(C)[C@@H](C)C(=O)N[C@@H](Cc2cscn2)C(=O)N1C. The first kappa shape index (κ1) is 64.4. The Morgan fingerprint density at radius 1 is 0.578 bits per heavy atom. The lowest BCUT2D eigenvalue weighted by Gasteiger charge is -2.36. The molecule has 83 heavy (non-hydrogen) atoms. The molecule has 1 aromatic heterocycles. The van der Waals surface area contributed by atoms with Crippen molar-refractivity contribution >= 4 is 82.0 Å². The molecule has 446 valence electrons. The molecule has 2 aliphatic heterocycles. The molecular formula is C59H75ClFN11O10S. The molecule has 2 saturated heterocycles. The third-order valence-electron chi connectivity index (χ3n) is 15.5. The third-order valence-corrected chi connectivity index (χ3v) is 16.3. The van der Waals surface area contributed by atoms with Gasteiger partial charge in [0, 0.05) is 70.8 Å². The van der Waals surface area contributed by atoms with Crippen LogP contribution in [0.4, 0.5) is 4.39 Å². The Balaban J connectivity index is 1.41. The van der Waals surface area contributed by atoms with Gasteiger partial charge in [0.05, 0.1) is 17.7 Å². The molecule has 0 unspecified atom stereocenters. The van der Waals surface area contributed by atoms with Crippen molar-refractivity contribution in [2.24, 2.45) is 5.41 Å². The number of amides is 10. The maximum absolute atomic E-state index is 15.2. The van der Waals surface area contributed by atoms with Gasteiger partial charge in [-0.1, -0.05) is 87.0 Å². The Kier molecular flexibility index (Phi) is 22.1. The standard InChI is InChI=1S/C59H75ClFN11O10S/c1-34-50(74)65-45(30-42-32-83-33-63-42)56(80)70(9)36(3)55(79)69(8)35(2)51(75)64-43(27-39-20-24-41(61)25-21-39)52(76)67-49(59(4,5)6)54(78)66-44(28-38-18-22-40(60)23-19-38)57(81)71(10)47(29-37-15-12-11-13-16-37)58(82)72-26-14-17-46(72)53(77)62-31-48(73)68(34)7/h11-13,15-16,18-25,32-36,43-47,49H,14,17,26-31H2,1-10H3,(H,62,77)(H,64,75)(H,65,74)(H,66,78)(H,67,76)/t34-,35-,36+,43-,44-,45-,46+,47-,49+/m0/s1. The Bertz CT molecular complexity index is 2990.